The van der Waals surface area contributed by atoms with Gasteiger partial charge in [-0.05, 0) is 67.6 Å². The van der Waals surface area contributed by atoms with Crippen molar-refractivity contribution >= 4 is 29.2 Å². The number of ether oxygens (including phenoxy) is 1. The molecule has 3 aliphatic heterocycles. The van der Waals surface area contributed by atoms with Crippen LogP contribution in [0.25, 0.3) is 0 Å². The molecule has 0 radical (unpaired) electrons. The maximum atomic E-state index is 13.2. The lowest BCUT2D eigenvalue weighted by Gasteiger charge is -2.42. The van der Waals surface area contributed by atoms with Gasteiger partial charge in [-0.2, -0.15) is 0 Å². The summed E-state index contributed by atoms with van der Waals surface area (Å²) in [7, 11) is 0. The normalized spacial score (nSPS) is 24.8. The number of nitrogens with zero attached hydrogens (tertiary/aromatic N) is 3. The molecule has 3 aliphatic rings. The molecule has 2 atom stereocenters. The number of halogens is 2. The summed E-state index contributed by atoms with van der Waals surface area (Å²) in [6.45, 7) is 3.13. The Hall–Kier alpha value is -2.48. The van der Waals surface area contributed by atoms with Gasteiger partial charge in [0.2, 0.25) is 5.91 Å². The predicted octanol–water partition coefficient (Wildman–Crippen LogP) is 5.02. The molecule has 6 nitrogen and oxygen atoms in total. The van der Waals surface area contributed by atoms with Crippen molar-refractivity contribution in [1.29, 1.82) is 0 Å². The lowest BCUT2D eigenvalue weighted by molar-refractivity contribution is -0.119. The smallest absolute Gasteiger partial charge is 0.331 e. The quantitative estimate of drug-likeness (QED) is 0.596. The predicted molar refractivity (Wildman–Crippen MR) is 128 cm³/mol. The van der Waals surface area contributed by atoms with Crippen molar-refractivity contribution in [2.24, 2.45) is 0 Å². The Labute approximate surface area is 204 Å². The van der Waals surface area contributed by atoms with Crippen LogP contribution in [0.5, 0.6) is 0 Å². The Morgan fingerprint density at radius 1 is 0.912 bits per heavy atom. The van der Waals surface area contributed by atoms with Gasteiger partial charge in [0.05, 0.1) is 17.9 Å². The Balaban J connectivity index is 1.14. The minimum absolute atomic E-state index is 0.0329. The fraction of sp³-hybridized carbons (Fsp3) is 0.462. The maximum absolute atomic E-state index is 13.2. The third-order valence-corrected chi connectivity index (χ3v) is 7.40. The van der Waals surface area contributed by atoms with Crippen molar-refractivity contribution in [1.82, 2.24) is 9.80 Å². The molecule has 2 unspecified atom stereocenters. The van der Waals surface area contributed by atoms with E-state index in [-0.39, 0.29) is 36.0 Å². The van der Waals surface area contributed by atoms with Crippen LogP contribution < -0.4 is 4.90 Å². The average Bonchev–Trinajstić information content (AvgIpc) is 3.30. The van der Waals surface area contributed by atoms with E-state index < -0.39 is 0 Å². The highest BCUT2D eigenvalue weighted by molar-refractivity contribution is 6.30. The molecule has 2 aromatic carbocycles. The molecule has 3 amide bonds. The highest BCUT2D eigenvalue weighted by Gasteiger charge is 2.38. The second-order valence-corrected chi connectivity index (χ2v) is 9.78. The standard InChI is InChI=1S/C26H29ClFN3O3/c27-19-3-7-22(8-4-19)31-25(32)13-16-30(26(31)33)21-11-14-29(15-12-21)17-23-9-10-24(34-23)18-1-5-20(28)6-2-18/h1-8,21,23-24H,9-17H2. The van der Waals surface area contributed by atoms with Crippen LogP contribution in [-0.4, -0.2) is 60.1 Å². The average molecular weight is 486 g/mol. The zero-order valence-electron chi connectivity index (χ0n) is 19.0. The van der Waals surface area contributed by atoms with Gasteiger partial charge >= 0.3 is 6.03 Å². The number of urea groups is 1. The SMILES string of the molecule is O=C1CCN(C2CCN(CC3CCC(c4ccc(F)cc4)O3)CC2)C(=O)N1c1ccc(Cl)cc1. The van der Waals surface area contributed by atoms with Crippen molar-refractivity contribution in [2.75, 3.05) is 31.1 Å². The topological polar surface area (TPSA) is 53.1 Å². The molecule has 180 valence electrons. The molecule has 0 spiro atoms. The molecule has 3 saturated heterocycles. The maximum Gasteiger partial charge on any atom is 0.331 e. The number of hydrogen-bond acceptors (Lipinski definition) is 4. The molecule has 0 aromatic heterocycles. The van der Waals surface area contributed by atoms with E-state index >= 15 is 0 Å². The van der Waals surface area contributed by atoms with Crippen LogP contribution in [0.1, 0.15) is 43.8 Å². The fourth-order valence-electron chi connectivity index (χ4n) is 5.31. The summed E-state index contributed by atoms with van der Waals surface area (Å²) in [5.74, 6) is -0.399. The molecular weight excluding hydrogens is 457 g/mol. The van der Waals surface area contributed by atoms with Crippen molar-refractivity contribution in [3.05, 3.63) is 64.9 Å². The van der Waals surface area contributed by atoms with Gasteiger partial charge < -0.3 is 14.5 Å². The fourth-order valence-corrected chi connectivity index (χ4v) is 5.43. The van der Waals surface area contributed by atoms with E-state index in [0.29, 0.717) is 23.7 Å². The lowest BCUT2D eigenvalue weighted by atomic mass is 10.0. The third-order valence-electron chi connectivity index (χ3n) is 7.15. The van der Waals surface area contributed by atoms with Crippen molar-refractivity contribution in [3.8, 4) is 0 Å². The molecule has 0 saturated carbocycles. The summed E-state index contributed by atoms with van der Waals surface area (Å²) in [6, 6.07) is 13.3. The van der Waals surface area contributed by atoms with E-state index in [0.717, 1.165) is 50.9 Å². The van der Waals surface area contributed by atoms with E-state index in [1.807, 2.05) is 17.0 Å². The third kappa shape index (κ3) is 4.97. The van der Waals surface area contributed by atoms with E-state index in [2.05, 4.69) is 4.90 Å². The summed E-state index contributed by atoms with van der Waals surface area (Å²) >= 11 is 5.97. The van der Waals surface area contributed by atoms with E-state index in [9.17, 15) is 14.0 Å². The molecule has 5 rings (SSSR count). The van der Waals surface area contributed by atoms with Crippen LogP contribution in [0.4, 0.5) is 14.9 Å². The number of carbonyl (C=O) groups excluding carboxylic acids is 2. The van der Waals surface area contributed by atoms with Gasteiger partial charge in [0.25, 0.3) is 0 Å². The van der Waals surface area contributed by atoms with Gasteiger partial charge in [-0.1, -0.05) is 23.7 Å². The largest absolute Gasteiger partial charge is 0.369 e. The molecule has 34 heavy (non-hydrogen) atoms. The van der Waals surface area contributed by atoms with Crippen LogP contribution in [-0.2, 0) is 9.53 Å². The van der Waals surface area contributed by atoms with Gasteiger partial charge in [-0.15, -0.1) is 0 Å². The summed E-state index contributed by atoms with van der Waals surface area (Å²) in [6.07, 6.45) is 4.22. The van der Waals surface area contributed by atoms with Crippen molar-refractivity contribution in [3.63, 3.8) is 0 Å². The Morgan fingerprint density at radius 2 is 1.62 bits per heavy atom. The molecule has 0 N–H and O–H groups in total. The Bertz CT molecular complexity index is 1020. The number of piperidine rings is 1. The number of likely N-dealkylation sites (tertiary alicyclic amines) is 1. The van der Waals surface area contributed by atoms with Gasteiger partial charge in [0.1, 0.15) is 5.82 Å². The highest BCUT2D eigenvalue weighted by Crippen LogP contribution is 2.34. The minimum Gasteiger partial charge on any atom is -0.369 e. The molecule has 3 fully saturated rings. The van der Waals surface area contributed by atoms with Crippen LogP contribution in [0.15, 0.2) is 48.5 Å². The first-order chi connectivity index (χ1) is 16.5. The Morgan fingerprint density at radius 3 is 2.32 bits per heavy atom. The number of amides is 3. The first kappa shape index (κ1) is 23.3. The second kappa shape index (κ2) is 10.0. The minimum atomic E-state index is -0.238. The molecule has 0 aliphatic carbocycles. The van der Waals surface area contributed by atoms with Crippen LogP contribution >= 0.6 is 11.6 Å². The zero-order valence-corrected chi connectivity index (χ0v) is 19.8. The first-order valence-electron chi connectivity index (χ1n) is 12.0. The number of imide groups is 1. The summed E-state index contributed by atoms with van der Waals surface area (Å²) in [5.41, 5.74) is 1.60. The number of benzene rings is 2. The molecular formula is C26H29ClFN3O3. The molecule has 3 heterocycles. The second-order valence-electron chi connectivity index (χ2n) is 9.34. The Kier molecular flexibility index (Phi) is 6.86. The number of rotatable bonds is 5. The molecule has 0 bridgehead atoms. The van der Waals surface area contributed by atoms with E-state index in [1.54, 1.807) is 24.3 Å². The van der Waals surface area contributed by atoms with Gasteiger partial charge in [-0.25, -0.2) is 14.1 Å². The van der Waals surface area contributed by atoms with Crippen LogP contribution in [0.3, 0.4) is 0 Å². The first-order valence-corrected chi connectivity index (χ1v) is 12.4. The van der Waals surface area contributed by atoms with Crippen LogP contribution in [0.2, 0.25) is 5.02 Å². The van der Waals surface area contributed by atoms with Gasteiger partial charge in [-0.3, -0.25) is 4.79 Å². The van der Waals surface area contributed by atoms with Crippen molar-refractivity contribution < 1.29 is 18.7 Å². The number of hydrogen-bond donors (Lipinski definition) is 0. The van der Waals surface area contributed by atoms with Gasteiger partial charge in [0, 0.05) is 43.7 Å². The van der Waals surface area contributed by atoms with Gasteiger partial charge in [0.15, 0.2) is 0 Å². The van der Waals surface area contributed by atoms with Crippen LogP contribution in [0, 0.1) is 5.82 Å². The summed E-state index contributed by atoms with van der Waals surface area (Å²) in [5, 5.41) is 0.570. The van der Waals surface area contributed by atoms with E-state index in [1.165, 1.54) is 17.0 Å². The lowest BCUT2D eigenvalue weighted by Crippen LogP contribution is -2.58. The zero-order chi connectivity index (χ0) is 23.7. The number of carbonyl (C=O) groups is 2. The summed E-state index contributed by atoms with van der Waals surface area (Å²) < 4.78 is 19.4. The summed E-state index contributed by atoms with van der Waals surface area (Å²) in [4.78, 5) is 31.3. The molecule has 8 heteroatoms. The monoisotopic (exact) mass is 485 g/mol. The highest BCUT2D eigenvalue weighted by atomic mass is 35.5. The van der Waals surface area contributed by atoms with E-state index in [4.69, 9.17) is 16.3 Å². The van der Waals surface area contributed by atoms with Crippen molar-refractivity contribution in [2.45, 2.75) is 50.4 Å². The molecule has 2 aromatic rings. The number of anilines is 1.